The maximum absolute atomic E-state index is 13.9. The van der Waals surface area contributed by atoms with Gasteiger partial charge in [-0.1, -0.05) is 24.3 Å². The van der Waals surface area contributed by atoms with Crippen molar-refractivity contribution in [3.8, 4) is 6.07 Å². The summed E-state index contributed by atoms with van der Waals surface area (Å²) in [6.45, 7) is 1.95. The number of nitriles is 1. The second kappa shape index (κ2) is 9.14. The molecule has 144 valence electrons. The molecule has 5 nitrogen and oxygen atoms in total. The normalized spacial score (nSPS) is 14.3. The largest absolute Gasteiger partial charge is 0.341 e. The summed E-state index contributed by atoms with van der Waals surface area (Å²) in [5.74, 6) is -0.804. The fourth-order valence-corrected chi connectivity index (χ4v) is 3.33. The van der Waals surface area contributed by atoms with Crippen LogP contribution in [0.2, 0.25) is 0 Å². The number of amides is 2. The lowest BCUT2D eigenvalue weighted by Crippen LogP contribution is -2.37. The third-order valence-electron chi connectivity index (χ3n) is 4.95. The Labute approximate surface area is 164 Å². The zero-order valence-electron chi connectivity index (χ0n) is 15.6. The Kier molecular flexibility index (Phi) is 6.38. The topological polar surface area (TPSA) is 64.4 Å². The van der Waals surface area contributed by atoms with Crippen LogP contribution in [0.25, 0.3) is 0 Å². The van der Waals surface area contributed by atoms with Crippen LogP contribution in [0, 0.1) is 17.1 Å². The Balaban J connectivity index is 1.54. The van der Waals surface area contributed by atoms with Gasteiger partial charge in [0.25, 0.3) is 5.91 Å². The van der Waals surface area contributed by atoms with E-state index >= 15 is 0 Å². The maximum atomic E-state index is 13.9. The van der Waals surface area contributed by atoms with Crippen molar-refractivity contribution in [2.24, 2.45) is 0 Å². The Morgan fingerprint density at radius 1 is 0.964 bits per heavy atom. The van der Waals surface area contributed by atoms with Gasteiger partial charge in [-0.05, 0) is 42.7 Å². The van der Waals surface area contributed by atoms with Crippen molar-refractivity contribution in [3.63, 3.8) is 0 Å². The fourth-order valence-electron chi connectivity index (χ4n) is 3.33. The van der Waals surface area contributed by atoms with Crippen molar-refractivity contribution >= 4 is 11.8 Å². The summed E-state index contributed by atoms with van der Waals surface area (Å²) in [5.41, 5.74) is 1.68. The molecule has 1 aliphatic rings. The monoisotopic (exact) mass is 379 g/mol. The lowest BCUT2D eigenvalue weighted by molar-refractivity contribution is -0.131. The van der Waals surface area contributed by atoms with Crippen LogP contribution in [-0.2, 0) is 11.2 Å². The highest BCUT2D eigenvalue weighted by Crippen LogP contribution is 2.14. The van der Waals surface area contributed by atoms with Crippen molar-refractivity contribution in [2.45, 2.75) is 19.3 Å². The van der Waals surface area contributed by atoms with Crippen LogP contribution in [0.4, 0.5) is 4.39 Å². The van der Waals surface area contributed by atoms with Crippen LogP contribution < -0.4 is 0 Å². The van der Waals surface area contributed by atoms with E-state index in [0.29, 0.717) is 51.0 Å². The van der Waals surface area contributed by atoms with Crippen molar-refractivity contribution in [2.75, 3.05) is 26.2 Å². The van der Waals surface area contributed by atoms with E-state index in [-0.39, 0.29) is 17.4 Å². The molecule has 1 aliphatic heterocycles. The molecular formula is C22H22FN3O2. The SMILES string of the molecule is N#Cc1ccc(CCC(=O)N2CCCN(C(=O)c3ccccc3F)CC2)cc1. The molecule has 0 N–H and O–H groups in total. The molecule has 1 heterocycles. The predicted molar refractivity (Wildman–Crippen MR) is 103 cm³/mol. The van der Waals surface area contributed by atoms with Gasteiger partial charge in [-0.2, -0.15) is 5.26 Å². The summed E-state index contributed by atoms with van der Waals surface area (Å²) in [4.78, 5) is 28.5. The molecule has 0 aliphatic carbocycles. The molecule has 2 amide bonds. The minimum Gasteiger partial charge on any atom is -0.341 e. The van der Waals surface area contributed by atoms with Crippen molar-refractivity contribution < 1.29 is 14.0 Å². The van der Waals surface area contributed by atoms with Crippen LogP contribution in [-0.4, -0.2) is 47.8 Å². The summed E-state index contributed by atoms with van der Waals surface area (Å²) >= 11 is 0. The molecule has 0 spiro atoms. The molecule has 0 bridgehead atoms. The van der Waals surface area contributed by atoms with E-state index in [9.17, 15) is 14.0 Å². The number of aryl methyl sites for hydroxylation is 1. The predicted octanol–water partition coefficient (Wildman–Crippen LogP) is 3.00. The zero-order chi connectivity index (χ0) is 19.9. The summed E-state index contributed by atoms with van der Waals surface area (Å²) in [7, 11) is 0. The Morgan fingerprint density at radius 3 is 2.36 bits per heavy atom. The fraction of sp³-hybridized carbons (Fsp3) is 0.318. The second-order valence-corrected chi connectivity index (χ2v) is 6.82. The smallest absolute Gasteiger partial charge is 0.256 e. The Morgan fingerprint density at radius 2 is 1.64 bits per heavy atom. The number of hydrogen-bond acceptors (Lipinski definition) is 3. The number of hydrogen-bond donors (Lipinski definition) is 0. The first kappa shape index (κ1) is 19.6. The summed E-state index contributed by atoms with van der Waals surface area (Å²) < 4.78 is 13.9. The summed E-state index contributed by atoms with van der Waals surface area (Å²) in [5, 5.41) is 8.83. The van der Waals surface area contributed by atoms with Crippen LogP contribution in [0.15, 0.2) is 48.5 Å². The molecule has 0 unspecified atom stereocenters. The van der Waals surface area contributed by atoms with Gasteiger partial charge in [0.15, 0.2) is 0 Å². The van der Waals surface area contributed by atoms with Crippen molar-refractivity contribution in [3.05, 3.63) is 71.0 Å². The van der Waals surface area contributed by atoms with E-state index in [2.05, 4.69) is 6.07 Å². The van der Waals surface area contributed by atoms with E-state index in [1.54, 1.807) is 34.1 Å². The summed E-state index contributed by atoms with van der Waals surface area (Å²) in [6, 6.07) is 15.3. The molecule has 0 saturated carbocycles. The minimum absolute atomic E-state index is 0.0459. The van der Waals surface area contributed by atoms with Crippen molar-refractivity contribution in [1.82, 2.24) is 9.80 Å². The first-order valence-corrected chi connectivity index (χ1v) is 9.39. The molecule has 3 rings (SSSR count). The van der Waals surface area contributed by atoms with Gasteiger partial charge in [-0.25, -0.2) is 4.39 Å². The molecule has 1 saturated heterocycles. The quantitative estimate of drug-likeness (QED) is 0.820. The molecule has 0 radical (unpaired) electrons. The molecule has 28 heavy (non-hydrogen) atoms. The van der Waals surface area contributed by atoms with E-state index < -0.39 is 5.82 Å². The van der Waals surface area contributed by atoms with Gasteiger partial charge in [0.05, 0.1) is 17.2 Å². The zero-order valence-corrected chi connectivity index (χ0v) is 15.6. The summed E-state index contributed by atoms with van der Waals surface area (Å²) in [6.07, 6.45) is 1.66. The van der Waals surface area contributed by atoms with E-state index in [4.69, 9.17) is 5.26 Å². The molecule has 1 fully saturated rings. The third-order valence-corrected chi connectivity index (χ3v) is 4.95. The van der Waals surface area contributed by atoms with E-state index in [1.165, 1.54) is 12.1 Å². The van der Waals surface area contributed by atoms with Crippen LogP contribution in [0.3, 0.4) is 0 Å². The minimum atomic E-state index is -0.521. The molecule has 6 heteroatoms. The number of carbonyl (C=O) groups excluding carboxylic acids is 2. The van der Waals surface area contributed by atoms with Gasteiger partial charge in [0.2, 0.25) is 5.91 Å². The Bertz CT molecular complexity index is 889. The lowest BCUT2D eigenvalue weighted by Gasteiger charge is -2.22. The van der Waals surface area contributed by atoms with Gasteiger partial charge < -0.3 is 9.80 Å². The highest BCUT2D eigenvalue weighted by Gasteiger charge is 2.24. The van der Waals surface area contributed by atoms with Crippen LogP contribution >= 0.6 is 0 Å². The second-order valence-electron chi connectivity index (χ2n) is 6.82. The third kappa shape index (κ3) is 4.74. The molecular weight excluding hydrogens is 357 g/mol. The number of carbonyl (C=O) groups is 2. The van der Waals surface area contributed by atoms with E-state index in [1.807, 2.05) is 12.1 Å². The van der Waals surface area contributed by atoms with Gasteiger partial charge in [-0.3, -0.25) is 9.59 Å². The number of rotatable bonds is 4. The first-order chi connectivity index (χ1) is 13.6. The average Bonchev–Trinajstić information content (AvgIpc) is 2.98. The van der Waals surface area contributed by atoms with Crippen LogP contribution in [0.1, 0.15) is 34.3 Å². The number of halogens is 1. The van der Waals surface area contributed by atoms with Gasteiger partial charge in [0.1, 0.15) is 5.82 Å². The highest BCUT2D eigenvalue weighted by molar-refractivity contribution is 5.94. The molecule has 2 aromatic carbocycles. The Hall–Kier alpha value is -3.20. The molecule has 0 aromatic heterocycles. The molecule has 2 aromatic rings. The van der Waals surface area contributed by atoms with Gasteiger partial charge in [0, 0.05) is 32.6 Å². The van der Waals surface area contributed by atoms with Gasteiger partial charge in [-0.15, -0.1) is 0 Å². The van der Waals surface area contributed by atoms with E-state index in [0.717, 1.165) is 5.56 Å². The average molecular weight is 379 g/mol. The van der Waals surface area contributed by atoms with Gasteiger partial charge >= 0.3 is 0 Å². The maximum Gasteiger partial charge on any atom is 0.256 e. The van der Waals surface area contributed by atoms with Crippen LogP contribution in [0.5, 0.6) is 0 Å². The highest BCUT2D eigenvalue weighted by atomic mass is 19.1. The molecule has 0 atom stereocenters. The number of nitrogens with zero attached hydrogens (tertiary/aromatic N) is 3. The lowest BCUT2D eigenvalue weighted by atomic mass is 10.1. The first-order valence-electron chi connectivity index (χ1n) is 9.39. The standard InChI is InChI=1S/C22H22FN3O2/c23-20-5-2-1-4-19(20)22(28)26-13-3-12-25(14-15-26)21(27)11-10-17-6-8-18(16-24)9-7-17/h1-2,4-9H,3,10-15H2. The number of benzene rings is 2. The van der Waals surface area contributed by atoms with Crippen molar-refractivity contribution in [1.29, 1.82) is 5.26 Å².